The number of aromatic nitrogens is 2. The number of aliphatic carboxylic acids is 1. The first-order valence-corrected chi connectivity index (χ1v) is 7.71. The van der Waals surface area contributed by atoms with E-state index in [2.05, 4.69) is 16.0 Å². The van der Waals surface area contributed by atoms with Gasteiger partial charge < -0.3 is 5.11 Å². The van der Waals surface area contributed by atoms with E-state index in [1.54, 1.807) is 36.1 Å². The lowest BCUT2D eigenvalue weighted by Gasteiger charge is -2.01. The van der Waals surface area contributed by atoms with E-state index in [9.17, 15) is 4.79 Å². The molecule has 4 nitrogen and oxygen atoms in total. The molecule has 0 aromatic carbocycles. The van der Waals surface area contributed by atoms with E-state index in [1.165, 1.54) is 0 Å². The molecule has 3 rings (SSSR count). The lowest BCUT2D eigenvalue weighted by Crippen LogP contribution is -1.97. The van der Waals surface area contributed by atoms with Gasteiger partial charge in [0.25, 0.3) is 0 Å². The predicted octanol–water partition coefficient (Wildman–Crippen LogP) is 3.89. The average Bonchev–Trinajstić information content (AvgIpc) is 2.99. The van der Waals surface area contributed by atoms with Gasteiger partial charge in [-0.2, -0.15) is 0 Å². The van der Waals surface area contributed by atoms with Gasteiger partial charge >= 0.3 is 5.97 Å². The summed E-state index contributed by atoms with van der Waals surface area (Å²) in [6.45, 7) is 0. The summed E-state index contributed by atoms with van der Waals surface area (Å²) in [5.41, 5.74) is 3.22. The van der Waals surface area contributed by atoms with E-state index in [1.807, 2.05) is 24.3 Å². The Kier molecular flexibility index (Phi) is 4.25. The number of carboxylic acids is 1. The lowest BCUT2D eigenvalue weighted by atomic mass is 10.1. The Labute approximate surface area is 132 Å². The number of hydrogen-bond donors (Lipinski definition) is 1. The minimum Gasteiger partial charge on any atom is -0.481 e. The van der Waals surface area contributed by atoms with Gasteiger partial charge in [0.05, 0.1) is 0 Å². The maximum atomic E-state index is 10.9. The van der Waals surface area contributed by atoms with Crippen LogP contribution in [0.5, 0.6) is 0 Å². The van der Waals surface area contributed by atoms with Crippen LogP contribution in [0.15, 0.2) is 55.1 Å². The quantitative estimate of drug-likeness (QED) is 0.776. The van der Waals surface area contributed by atoms with Crippen molar-refractivity contribution in [1.82, 2.24) is 9.97 Å². The zero-order valence-electron chi connectivity index (χ0n) is 11.8. The molecule has 3 aromatic rings. The molecule has 5 heteroatoms. The summed E-state index contributed by atoms with van der Waals surface area (Å²) < 4.78 is 0. The Morgan fingerprint density at radius 1 is 1.00 bits per heavy atom. The van der Waals surface area contributed by atoms with Crippen molar-refractivity contribution in [3.63, 3.8) is 0 Å². The summed E-state index contributed by atoms with van der Waals surface area (Å²) in [5, 5.41) is 8.95. The second-order valence-electron chi connectivity index (χ2n) is 4.83. The number of rotatable bonds is 5. The molecular weight excluding hydrogens is 296 g/mol. The van der Waals surface area contributed by atoms with E-state index >= 15 is 0 Å². The van der Waals surface area contributed by atoms with Gasteiger partial charge in [-0.15, -0.1) is 11.3 Å². The fraction of sp³-hybridized carbons (Fsp3) is 0.118. The van der Waals surface area contributed by atoms with Crippen molar-refractivity contribution < 1.29 is 9.90 Å². The van der Waals surface area contributed by atoms with Gasteiger partial charge in [-0.3, -0.25) is 14.8 Å². The first-order valence-electron chi connectivity index (χ1n) is 6.89. The first-order chi connectivity index (χ1) is 10.7. The monoisotopic (exact) mass is 310 g/mol. The number of pyridine rings is 2. The third kappa shape index (κ3) is 3.20. The minimum atomic E-state index is -0.780. The smallest absolute Gasteiger partial charge is 0.303 e. The van der Waals surface area contributed by atoms with Crippen molar-refractivity contribution in [2.45, 2.75) is 12.8 Å². The average molecular weight is 310 g/mol. The summed E-state index contributed by atoms with van der Waals surface area (Å²) in [6, 6.07) is 9.91. The van der Waals surface area contributed by atoms with E-state index in [0.29, 0.717) is 6.42 Å². The molecule has 0 saturated heterocycles. The zero-order valence-corrected chi connectivity index (χ0v) is 12.6. The van der Waals surface area contributed by atoms with Gasteiger partial charge in [-0.25, -0.2) is 0 Å². The summed E-state index contributed by atoms with van der Waals surface area (Å²) in [6.07, 6.45) is 7.68. The largest absolute Gasteiger partial charge is 0.481 e. The molecule has 3 heterocycles. The molecule has 0 aliphatic heterocycles. The number of aryl methyl sites for hydroxylation is 1. The van der Waals surface area contributed by atoms with Crippen molar-refractivity contribution >= 4 is 17.3 Å². The second kappa shape index (κ2) is 6.49. The van der Waals surface area contributed by atoms with E-state index < -0.39 is 5.97 Å². The third-order valence-corrected chi connectivity index (χ3v) is 4.60. The van der Waals surface area contributed by atoms with Crippen molar-refractivity contribution in [2.75, 3.05) is 0 Å². The number of hydrogen-bond acceptors (Lipinski definition) is 4. The molecule has 1 N–H and O–H groups in total. The molecule has 0 spiro atoms. The summed E-state index contributed by atoms with van der Waals surface area (Å²) in [7, 11) is 0. The van der Waals surface area contributed by atoms with Gasteiger partial charge in [0, 0.05) is 41.0 Å². The van der Waals surface area contributed by atoms with Crippen LogP contribution in [0.3, 0.4) is 0 Å². The van der Waals surface area contributed by atoms with Crippen molar-refractivity contribution in [3.05, 3.63) is 60.7 Å². The molecular formula is C17H14N2O2S. The normalized spacial score (nSPS) is 10.5. The maximum absolute atomic E-state index is 10.9. The van der Waals surface area contributed by atoms with E-state index in [4.69, 9.17) is 5.11 Å². The molecule has 0 amide bonds. The van der Waals surface area contributed by atoms with Crippen LogP contribution in [0.2, 0.25) is 0 Å². The van der Waals surface area contributed by atoms with Gasteiger partial charge in [-0.1, -0.05) is 0 Å². The van der Waals surface area contributed by atoms with Crippen LogP contribution < -0.4 is 0 Å². The van der Waals surface area contributed by atoms with Gasteiger partial charge in [0.2, 0.25) is 0 Å². The Bertz CT molecular complexity index is 770. The molecule has 0 saturated carbocycles. The highest BCUT2D eigenvalue weighted by atomic mass is 32.1. The Morgan fingerprint density at radius 2 is 1.59 bits per heavy atom. The molecule has 0 aliphatic carbocycles. The Morgan fingerprint density at radius 3 is 2.18 bits per heavy atom. The number of nitrogens with zero attached hydrogens (tertiary/aromatic N) is 2. The van der Waals surface area contributed by atoms with Crippen molar-refractivity contribution in [3.8, 4) is 20.9 Å². The zero-order chi connectivity index (χ0) is 15.4. The molecule has 0 atom stereocenters. The standard InChI is InChI=1S/C17H14N2O2S/c20-16(21)2-1-14-11-15(12-3-7-18-8-4-12)22-17(14)13-5-9-19-10-6-13/h3-11H,1-2H2,(H,20,21). The van der Waals surface area contributed by atoms with Crippen LogP contribution in [-0.2, 0) is 11.2 Å². The molecule has 0 bridgehead atoms. The highest BCUT2D eigenvalue weighted by Crippen LogP contribution is 2.38. The molecule has 0 fully saturated rings. The van der Waals surface area contributed by atoms with Gasteiger partial charge in [-0.05, 0) is 53.4 Å². The van der Waals surface area contributed by atoms with E-state index in [-0.39, 0.29) is 6.42 Å². The Hall–Kier alpha value is -2.53. The van der Waals surface area contributed by atoms with Crippen LogP contribution in [0, 0.1) is 0 Å². The lowest BCUT2D eigenvalue weighted by molar-refractivity contribution is -0.136. The summed E-state index contributed by atoms with van der Waals surface area (Å²) in [5.74, 6) is -0.780. The maximum Gasteiger partial charge on any atom is 0.303 e. The third-order valence-electron chi connectivity index (χ3n) is 3.32. The molecule has 110 valence electrons. The second-order valence-corrected chi connectivity index (χ2v) is 5.88. The Balaban J connectivity index is 2.03. The summed E-state index contributed by atoms with van der Waals surface area (Å²) in [4.78, 5) is 21.2. The molecule has 0 aliphatic rings. The first kappa shape index (κ1) is 14.4. The number of thiophene rings is 1. The van der Waals surface area contributed by atoms with Crippen LogP contribution >= 0.6 is 11.3 Å². The SMILES string of the molecule is O=C(O)CCc1cc(-c2ccncc2)sc1-c1ccncc1. The molecule has 0 radical (unpaired) electrons. The van der Waals surface area contributed by atoms with Gasteiger partial charge in [0.1, 0.15) is 0 Å². The van der Waals surface area contributed by atoms with Crippen LogP contribution in [0.4, 0.5) is 0 Å². The molecule has 22 heavy (non-hydrogen) atoms. The van der Waals surface area contributed by atoms with Crippen LogP contribution in [0.25, 0.3) is 20.9 Å². The van der Waals surface area contributed by atoms with Gasteiger partial charge in [0.15, 0.2) is 0 Å². The fourth-order valence-electron chi connectivity index (χ4n) is 2.26. The topological polar surface area (TPSA) is 63.1 Å². The van der Waals surface area contributed by atoms with Crippen molar-refractivity contribution in [1.29, 1.82) is 0 Å². The van der Waals surface area contributed by atoms with Crippen molar-refractivity contribution in [2.24, 2.45) is 0 Å². The summed E-state index contributed by atoms with van der Waals surface area (Å²) >= 11 is 1.67. The van der Waals surface area contributed by atoms with E-state index in [0.717, 1.165) is 26.4 Å². The highest BCUT2D eigenvalue weighted by Gasteiger charge is 2.13. The number of carboxylic acid groups (broad SMARTS) is 1. The van der Waals surface area contributed by atoms with Crippen LogP contribution in [0.1, 0.15) is 12.0 Å². The number of carbonyl (C=O) groups is 1. The molecule has 3 aromatic heterocycles. The minimum absolute atomic E-state index is 0.130. The molecule has 0 unspecified atom stereocenters. The fourth-order valence-corrected chi connectivity index (χ4v) is 3.48. The highest BCUT2D eigenvalue weighted by molar-refractivity contribution is 7.19. The predicted molar refractivity (Wildman–Crippen MR) is 86.7 cm³/mol. The van der Waals surface area contributed by atoms with Crippen LogP contribution in [-0.4, -0.2) is 21.0 Å².